The van der Waals surface area contributed by atoms with Crippen LogP contribution in [0.25, 0.3) is 11.0 Å². The summed E-state index contributed by atoms with van der Waals surface area (Å²) in [6, 6.07) is 7.29. The third-order valence-corrected chi connectivity index (χ3v) is 5.69. The number of aromatic nitrogens is 3. The lowest BCUT2D eigenvalue weighted by Crippen LogP contribution is -2.24. The van der Waals surface area contributed by atoms with Crippen LogP contribution in [0.15, 0.2) is 47.8 Å². The third kappa shape index (κ3) is 3.65. The number of fused-ring (bicyclic) bond motifs is 1. The molecule has 1 aromatic carbocycles. The molecular formula is C19H19ClN4O3S. The number of nitrogens with zero attached hydrogens (tertiary/aromatic N) is 3. The van der Waals surface area contributed by atoms with E-state index in [0.717, 1.165) is 22.5 Å². The van der Waals surface area contributed by atoms with Gasteiger partial charge < -0.3 is 14.6 Å². The summed E-state index contributed by atoms with van der Waals surface area (Å²) in [4.78, 5) is 25.4. The van der Waals surface area contributed by atoms with E-state index in [9.17, 15) is 9.00 Å². The van der Waals surface area contributed by atoms with Crippen molar-refractivity contribution < 1.29 is 13.7 Å². The molecule has 0 bridgehead atoms. The van der Waals surface area contributed by atoms with E-state index in [2.05, 4.69) is 15.0 Å². The van der Waals surface area contributed by atoms with Crippen LogP contribution >= 0.6 is 12.4 Å². The highest BCUT2D eigenvalue weighted by Crippen LogP contribution is 2.25. The van der Waals surface area contributed by atoms with Crippen molar-refractivity contribution in [3.8, 4) is 5.75 Å². The van der Waals surface area contributed by atoms with Gasteiger partial charge in [0.2, 0.25) is 0 Å². The van der Waals surface area contributed by atoms with Crippen LogP contribution in [-0.2, 0) is 21.3 Å². The Morgan fingerprint density at radius 1 is 1.32 bits per heavy atom. The molecule has 0 spiro atoms. The summed E-state index contributed by atoms with van der Waals surface area (Å²) in [6.07, 6.45) is 5.02. The highest BCUT2D eigenvalue weighted by atomic mass is 35.5. The van der Waals surface area contributed by atoms with E-state index < -0.39 is 10.8 Å². The minimum Gasteiger partial charge on any atom is -0.496 e. The summed E-state index contributed by atoms with van der Waals surface area (Å²) >= 11 is 0. The average molecular weight is 419 g/mol. The Morgan fingerprint density at radius 2 is 2.14 bits per heavy atom. The topological polar surface area (TPSA) is 88.2 Å². The van der Waals surface area contributed by atoms with Crippen LogP contribution in [-0.4, -0.2) is 38.7 Å². The fourth-order valence-electron chi connectivity index (χ4n) is 3.04. The molecule has 1 aliphatic heterocycles. The van der Waals surface area contributed by atoms with E-state index >= 15 is 0 Å². The molecule has 0 saturated heterocycles. The molecule has 1 unspecified atom stereocenters. The van der Waals surface area contributed by atoms with Gasteiger partial charge in [-0.15, -0.1) is 12.4 Å². The summed E-state index contributed by atoms with van der Waals surface area (Å²) in [7, 11) is 0.217. The molecule has 0 fully saturated rings. The van der Waals surface area contributed by atoms with Gasteiger partial charge in [0.25, 0.3) is 5.91 Å². The van der Waals surface area contributed by atoms with Crippen LogP contribution in [0, 0.1) is 6.92 Å². The largest absolute Gasteiger partial charge is 0.496 e. The summed E-state index contributed by atoms with van der Waals surface area (Å²) < 4.78 is 18.1. The number of H-pyrrole nitrogens is 1. The van der Waals surface area contributed by atoms with Gasteiger partial charge in [0.05, 0.1) is 40.4 Å². The maximum atomic E-state index is 12.8. The van der Waals surface area contributed by atoms with Gasteiger partial charge in [-0.1, -0.05) is 6.08 Å². The predicted molar refractivity (Wildman–Crippen MR) is 110 cm³/mol. The third-order valence-electron chi connectivity index (χ3n) is 4.53. The number of rotatable bonds is 5. The van der Waals surface area contributed by atoms with E-state index in [4.69, 9.17) is 4.74 Å². The lowest BCUT2D eigenvalue weighted by Gasteiger charge is -2.15. The molecule has 4 rings (SSSR count). The molecule has 1 amide bonds. The number of benzene rings is 1. The molecule has 1 N–H and O–H groups in total. The average Bonchev–Trinajstić information content (AvgIpc) is 3.28. The molecule has 9 heteroatoms. The van der Waals surface area contributed by atoms with Crippen molar-refractivity contribution >= 4 is 45.8 Å². The Morgan fingerprint density at radius 3 is 2.86 bits per heavy atom. The molecule has 3 heterocycles. The zero-order valence-corrected chi connectivity index (χ0v) is 17.0. The molecule has 7 nitrogen and oxygen atoms in total. The molecule has 146 valence electrons. The molecule has 0 radical (unpaired) electrons. The Balaban J connectivity index is 0.00000225. The van der Waals surface area contributed by atoms with E-state index in [1.165, 1.54) is 0 Å². The first-order valence-corrected chi connectivity index (χ1v) is 9.73. The van der Waals surface area contributed by atoms with Crippen LogP contribution in [0.1, 0.15) is 11.3 Å². The summed E-state index contributed by atoms with van der Waals surface area (Å²) in [6.45, 7) is 2.45. The van der Waals surface area contributed by atoms with Gasteiger partial charge in [0, 0.05) is 30.1 Å². The van der Waals surface area contributed by atoms with Gasteiger partial charge in [-0.3, -0.25) is 14.0 Å². The maximum absolute atomic E-state index is 12.8. The van der Waals surface area contributed by atoms with Crippen molar-refractivity contribution in [2.45, 2.75) is 17.8 Å². The van der Waals surface area contributed by atoms with Gasteiger partial charge in [-0.2, -0.15) is 0 Å². The molecular weight excluding hydrogens is 400 g/mol. The van der Waals surface area contributed by atoms with E-state index in [1.807, 2.05) is 31.2 Å². The number of hydrogen-bond donors (Lipinski definition) is 1. The zero-order chi connectivity index (χ0) is 19.0. The van der Waals surface area contributed by atoms with E-state index in [1.54, 1.807) is 30.3 Å². The molecule has 0 saturated carbocycles. The van der Waals surface area contributed by atoms with Gasteiger partial charge >= 0.3 is 0 Å². The number of imidazole rings is 1. The predicted octanol–water partition coefficient (Wildman–Crippen LogP) is 2.91. The van der Waals surface area contributed by atoms with Crippen LogP contribution in [0.3, 0.4) is 0 Å². The summed E-state index contributed by atoms with van der Waals surface area (Å²) in [5.41, 5.74) is 3.81. The highest BCUT2D eigenvalue weighted by Gasteiger charge is 2.19. The Hall–Kier alpha value is -2.71. The zero-order valence-electron chi connectivity index (χ0n) is 15.3. The van der Waals surface area contributed by atoms with Crippen molar-refractivity contribution in [1.82, 2.24) is 15.0 Å². The van der Waals surface area contributed by atoms with Crippen LogP contribution in [0.2, 0.25) is 0 Å². The number of pyridine rings is 1. The van der Waals surface area contributed by atoms with Gasteiger partial charge in [-0.25, -0.2) is 4.98 Å². The van der Waals surface area contributed by atoms with Crippen molar-refractivity contribution in [3.05, 3.63) is 53.9 Å². The fraction of sp³-hybridized carbons (Fsp3) is 0.211. The van der Waals surface area contributed by atoms with Crippen molar-refractivity contribution in [2.24, 2.45) is 0 Å². The number of carbonyl (C=O) groups excluding carboxylic acids is 1. The monoisotopic (exact) mass is 418 g/mol. The van der Waals surface area contributed by atoms with Crippen molar-refractivity contribution in [1.29, 1.82) is 0 Å². The number of amides is 1. The second-order valence-corrected chi connectivity index (χ2v) is 7.54. The standard InChI is InChI=1S/C19H18N4O3S.ClH/c1-12-16(20-8-7-17(12)26-2)11-27(25)19-21-14-6-5-13(10-15(14)22-19)23-9-3-4-18(23)24;/h3-8,10H,9,11H2,1-2H3,(H,21,22);1H. The number of hydrogen-bond acceptors (Lipinski definition) is 5. The quantitative estimate of drug-likeness (QED) is 0.688. The number of halogens is 1. The molecule has 1 aliphatic rings. The maximum Gasteiger partial charge on any atom is 0.251 e. The smallest absolute Gasteiger partial charge is 0.251 e. The highest BCUT2D eigenvalue weighted by molar-refractivity contribution is 7.84. The molecule has 1 atom stereocenters. The van der Waals surface area contributed by atoms with Crippen LogP contribution in [0.5, 0.6) is 5.75 Å². The second kappa shape index (κ2) is 8.12. The van der Waals surface area contributed by atoms with Crippen LogP contribution < -0.4 is 9.64 Å². The van der Waals surface area contributed by atoms with Gasteiger partial charge in [0.15, 0.2) is 5.16 Å². The number of carbonyl (C=O) groups is 1. The SMILES string of the molecule is COc1ccnc(CS(=O)c2nc3ccc(N4CC=CC4=O)cc3[nH]2)c1C.Cl. The lowest BCUT2D eigenvalue weighted by atomic mass is 10.2. The summed E-state index contributed by atoms with van der Waals surface area (Å²) in [5, 5.41) is 0.386. The summed E-state index contributed by atoms with van der Waals surface area (Å²) in [5.74, 6) is 0.914. The fourth-order valence-corrected chi connectivity index (χ4v) is 4.14. The number of ether oxygens (including phenoxy) is 1. The minimum absolute atomic E-state index is 0. The first kappa shape index (κ1) is 20.0. The lowest BCUT2D eigenvalue weighted by molar-refractivity contribution is -0.113. The number of methoxy groups -OCH3 is 1. The van der Waals surface area contributed by atoms with Gasteiger partial charge in [-0.05, 0) is 31.2 Å². The van der Waals surface area contributed by atoms with Crippen molar-refractivity contribution in [2.75, 3.05) is 18.6 Å². The number of anilines is 1. The Bertz CT molecular complexity index is 1100. The molecule has 0 aliphatic carbocycles. The van der Waals surface area contributed by atoms with E-state index in [-0.39, 0.29) is 24.1 Å². The van der Waals surface area contributed by atoms with Crippen LogP contribution in [0.4, 0.5) is 5.69 Å². The minimum atomic E-state index is -1.38. The number of nitrogens with one attached hydrogen (secondary N) is 1. The normalized spacial score (nSPS) is 14.4. The second-order valence-electron chi connectivity index (χ2n) is 6.17. The Labute approximate surface area is 170 Å². The molecule has 2 aromatic heterocycles. The first-order chi connectivity index (χ1) is 13.1. The van der Waals surface area contributed by atoms with Crippen molar-refractivity contribution in [3.63, 3.8) is 0 Å². The molecule has 28 heavy (non-hydrogen) atoms. The van der Waals surface area contributed by atoms with E-state index in [0.29, 0.717) is 22.9 Å². The Kier molecular flexibility index (Phi) is 5.81. The first-order valence-electron chi connectivity index (χ1n) is 8.41. The van der Waals surface area contributed by atoms with Gasteiger partial charge in [0.1, 0.15) is 5.75 Å². The molecule has 3 aromatic rings. The number of aromatic amines is 1.